The fraction of sp³-hybridized carbons (Fsp3) is 0.200. The molecule has 0 atom stereocenters. The zero-order valence-corrected chi connectivity index (χ0v) is 16.3. The number of aromatic nitrogens is 5. The maximum Gasteiger partial charge on any atom is 0.293 e. The van der Waals surface area contributed by atoms with E-state index < -0.39 is 5.91 Å². The van der Waals surface area contributed by atoms with E-state index >= 15 is 0 Å². The smallest absolute Gasteiger partial charge is 0.293 e. The van der Waals surface area contributed by atoms with Gasteiger partial charge in [0.15, 0.2) is 5.69 Å². The molecule has 2 aromatic heterocycles. The van der Waals surface area contributed by atoms with Gasteiger partial charge in [0.25, 0.3) is 5.91 Å². The normalized spacial score (nSPS) is 11.5. The summed E-state index contributed by atoms with van der Waals surface area (Å²) in [5.74, 6) is -0.411. The van der Waals surface area contributed by atoms with Gasteiger partial charge >= 0.3 is 0 Å². The molecule has 0 radical (unpaired) electrons. The zero-order chi connectivity index (χ0) is 20.3. The number of anilines is 1. The summed E-state index contributed by atoms with van der Waals surface area (Å²) in [7, 11) is 3.65. The van der Waals surface area contributed by atoms with Crippen LogP contribution in [0.4, 0.5) is 5.82 Å². The van der Waals surface area contributed by atoms with E-state index in [1.54, 1.807) is 18.2 Å². The van der Waals surface area contributed by atoms with Gasteiger partial charge in [-0.15, -0.1) is 5.10 Å². The third kappa shape index (κ3) is 4.27. The lowest BCUT2D eigenvalue weighted by Crippen LogP contribution is -2.23. The van der Waals surface area contributed by atoms with Crippen molar-refractivity contribution >= 4 is 41.1 Å². The van der Waals surface area contributed by atoms with Crippen molar-refractivity contribution in [1.29, 1.82) is 0 Å². The largest absolute Gasteiger partial charge is 0.378 e. The highest BCUT2D eigenvalue weighted by molar-refractivity contribution is 6.36. The number of benzene rings is 1. The molecule has 3 rings (SSSR count). The van der Waals surface area contributed by atoms with Gasteiger partial charge in [-0.3, -0.25) is 4.79 Å². The van der Waals surface area contributed by atoms with Crippen LogP contribution in [0.25, 0.3) is 5.82 Å². The molecular weight excluding hydrogens is 409 g/mol. The van der Waals surface area contributed by atoms with Crippen LogP contribution in [0.1, 0.15) is 21.7 Å². The number of nitrogens with zero attached hydrogens (tertiary/aromatic N) is 7. The van der Waals surface area contributed by atoms with Gasteiger partial charge < -0.3 is 10.6 Å². The lowest BCUT2D eigenvalue weighted by atomic mass is 10.2. The molecule has 0 fully saturated rings. The number of amides is 1. The van der Waals surface area contributed by atoms with Crippen LogP contribution < -0.4 is 11.2 Å². The molecule has 0 aliphatic rings. The maximum absolute atomic E-state index is 12.5. The van der Waals surface area contributed by atoms with Gasteiger partial charge in [0, 0.05) is 17.1 Å². The Hall–Kier alpha value is -3.02. The SMILES string of the molecule is CN(C)Cc1c(C(=O)NN=Cc2ccc(Cl)cc2Cl)nnn1-c1nonc1N. The third-order valence-corrected chi connectivity index (χ3v) is 4.04. The average molecular weight is 424 g/mol. The number of nitrogens with two attached hydrogens (primary N) is 1. The first-order chi connectivity index (χ1) is 13.4. The maximum atomic E-state index is 12.5. The van der Waals surface area contributed by atoms with Crippen molar-refractivity contribution in [2.75, 3.05) is 19.8 Å². The minimum absolute atomic E-state index is 0.0206. The standard InChI is InChI=1S/C15H15Cl2N9O2/c1-25(2)7-11-12(20-24-26(11)14-13(18)22-28-23-14)15(27)21-19-6-8-3-4-9(16)5-10(8)17/h3-6H,7H2,1-2H3,(H2,18,22)(H,21,27). The summed E-state index contributed by atoms with van der Waals surface area (Å²) in [6, 6.07) is 4.91. The molecule has 28 heavy (non-hydrogen) atoms. The van der Waals surface area contributed by atoms with Crippen LogP contribution >= 0.6 is 23.2 Å². The van der Waals surface area contributed by atoms with Gasteiger partial charge in [-0.25, -0.2) is 10.1 Å². The van der Waals surface area contributed by atoms with E-state index in [2.05, 4.69) is 35.8 Å². The summed E-state index contributed by atoms with van der Waals surface area (Å²) >= 11 is 11.9. The molecular formula is C15H15Cl2N9O2. The van der Waals surface area contributed by atoms with Crippen molar-refractivity contribution in [3.8, 4) is 5.82 Å². The van der Waals surface area contributed by atoms with E-state index in [-0.39, 0.29) is 17.3 Å². The quantitative estimate of drug-likeness (QED) is 0.447. The molecule has 0 saturated carbocycles. The van der Waals surface area contributed by atoms with Gasteiger partial charge in [-0.2, -0.15) is 9.78 Å². The Morgan fingerprint density at radius 1 is 1.39 bits per heavy atom. The highest BCUT2D eigenvalue weighted by Gasteiger charge is 2.24. The fourth-order valence-corrected chi connectivity index (χ4v) is 2.70. The van der Waals surface area contributed by atoms with Crippen molar-refractivity contribution in [3.05, 3.63) is 45.2 Å². The molecule has 1 amide bonds. The van der Waals surface area contributed by atoms with Crippen LogP contribution in [0.2, 0.25) is 10.0 Å². The van der Waals surface area contributed by atoms with Gasteiger partial charge in [0.05, 0.1) is 16.9 Å². The Bertz CT molecular complexity index is 1030. The van der Waals surface area contributed by atoms with Crippen molar-refractivity contribution in [2.45, 2.75) is 6.54 Å². The van der Waals surface area contributed by atoms with Crippen LogP contribution in [0, 0.1) is 0 Å². The van der Waals surface area contributed by atoms with Crippen molar-refractivity contribution < 1.29 is 9.42 Å². The Balaban J connectivity index is 1.84. The molecule has 13 heteroatoms. The Labute approximate surface area is 169 Å². The molecule has 146 valence electrons. The van der Waals surface area contributed by atoms with E-state index in [0.29, 0.717) is 27.8 Å². The van der Waals surface area contributed by atoms with Crippen LogP contribution in [0.3, 0.4) is 0 Å². The van der Waals surface area contributed by atoms with Crippen LogP contribution in [-0.4, -0.2) is 56.4 Å². The number of carbonyl (C=O) groups excluding carboxylic acids is 1. The second-order valence-electron chi connectivity index (χ2n) is 5.87. The number of rotatable bonds is 6. The lowest BCUT2D eigenvalue weighted by Gasteiger charge is -2.11. The monoisotopic (exact) mass is 423 g/mol. The first-order valence-electron chi connectivity index (χ1n) is 7.83. The van der Waals surface area contributed by atoms with Crippen molar-refractivity contribution in [2.24, 2.45) is 5.10 Å². The minimum Gasteiger partial charge on any atom is -0.378 e. The first kappa shape index (κ1) is 19.7. The number of hydrazone groups is 1. The summed E-state index contributed by atoms with van der Waals surface area (Å²) in [6.45, 7) is 0.328. The van der Waals surface area contributed by atoms with Gasteiger partial charge in [-0.05, 0) is 36.5 Å². The highest BCUT2D eigenvalue weighted by Crippen LogP contribution is 2.19. The van der Waals surface area contributed by atoms with Gasteiger partial charge in [-0.1, -0.05) is 34.5 Å². The van der Waals surface area contributed by atoms with Gasteiger partial charge in [0.2, 0.25) is 11.6 Å². The second kappa shape index (κ2) is 8.33. The topological polar surface area (TPSA) is 140 Å². The third-order valence-electron chi connectivity index (χ3n) is 3.47. The molecule has 0 aliphatic carbocycles. The number of nitrogens with one attached hydrogen (secondary N) is 1. The minimum atomic E-state index is -0.570. The van der Waals surface area contributed by atoms with Crippen LogP contribution in [0.15, 0.2) is 27.9 Å². The van der Waals surface area contributed by atoms with E-state index in [4.69, 9.17) is 28.9 Å². The molecule has 0 bridgehead atoms. The molecule has 1 aromatic carbocycles. The first-order valence-corrected chi connectivity index (χ1v) is 8.58. The molecule has 0 aliphatic heterocycles. The molecule has 2 heterocycles. The van der Waals surface area contributed by atoms with Crippen molar-refractivity contribution in [1.82, 2.24) is 35.6 Å². The van der Waals surface area contributed by atoms with E-state index in [0.717, 1.165) is 0 Å². The number of halogens is 2. The molecule has 0 unspecified atom stereocenters. The fourth-order valence-electron chi connectivity index (χ4n) is 2.25. The second-order valence-corrected chi connectivity index (χ2v) is 6.72. The highest BCUT2D eigenvalue weighted by atomic mass is 35.5. The molecule has 11 nitrogen and oxygen atoms in total. The number of hydrogen-bond donors (Lipinski definition) is 2. The lowest BCUT2D eigenvalue weighted by molar-refractivity contribution is 0.0948. The Morgan fingerprint density at radius 2 is 2.18 bits per heavy atom. The van der Waals surface area contributed by atoms with Crippen LogP contribution in [0.5, 0.6) is 0 Å². The average Bonchev–Trinajstić information content (AvgIpc) is 3.22. The predicted octanol–water partition coefficient (Wildman–Crippen LogP) is 1.36. The number of hydrogen-bond acceptors (Lipinski definition) is 9. The summed E-state index contributed by atoms with van der Waals surface area (Å²) < 4.78 is 5.88. The summed E-state index contributed by atoms with van der Waals surface area (Å²) in [6.07, 6.45) is 1.39. The van der Waals surface area contributed by atoms with Crippen LogP contribution in [-0.2, 0) is 6.54 Å². The predicted molar refractivity (Wildman–Crippen MR) is 103 cm³/mol. The van der Waals surface area contributed by atoms with Crippen molar-refractivity contribution in [3.63, 3.8) is 0 Å². The van der Waals surface area contributed by atoms with E-state index in [1.165, 1.54) is 10.9 Å². The van der Waals surface area contributed by atoms with Gasteiger partial charge in [0.1, 0.15) is 0 Å². The number of carbonyl (C=O) groups is 1. The zero-order valence-electron chi connectivity index (χ0n) is 14.8. The van der Waals surface area contributed by atoms with E-state index in [9.17, 15) is 4.79 Å². The van der Waals surface area contributed by atoms with E-state index in [1.807, 2.05) is 19.0 Å². The molecule has 3 aromatic rings. The molecule has 0 saturated heterocycles. The summed E-state index contributed by atoms with van der Waals surface area (Å²) in [5.41, 5.74) is 9.18. The summed E-state index contributed by atoms with van der Waals surface area (Å²) in [4.78, 5) is 14.4. The Kier molecular flexibility index (Phi) is 5.87. The molecule has 0 spiro atoms. The summed E-state index contributed by atoms with van der Waals surface area (Å²) in [5, 5.41) is 19.8. The molecule has 3 N–H and O–H groups in total. The Morgan fingerprint density at radius 3 is 2.82 bits per heavy atom. The number of nitrogen functional groups attached to an aromatic ring is 1.